The molecule has 0 bridgehead atoms. The maximum absolute atomic E-state index is 12.2. The quantitative estimate of drug-likeness (QED) is 0.772. The molecule has 1 saturated carbocycles. The Hall–Kier alpha value is -2.07. The third-order valence-corrected chi connectivity index (χ3v) is 4.90. The average molecular weight is 358 g/mol. The van der Waals surface area contributed by atoms with E-state index in [1.807, 2.05) is 36.4 Å². The van der Waals surface area contributed by atoms with E-state index in [4.69, 9.17) is 11.6 Å². The summed E-state index contributed by atoms with van der Waals surface area (Å²) in [4.78, 5) is 16.6. The van der Waals surface area contributed by atoms with Gasteiger partial charge in [-0.3, -0.25) is 4.79 Å². The minimum absolute atomic E-state index is 0.107. The first-order valence-electron chi connectivity index (χ1n) is 8.96. The molecule has 2 aromatic rings. The van der Waals surface area contributed by atoms with Gasteiger partial charge in [-0.15, -0.1) is 0 Å². The number of carbonyl (C=O) groups is 1. The predicted octanol–water partition coefficient (Wildman–Crippen LogP) is 4.91. The lowest BCUT2D eigenvalue weighted by Gasteiger charge is -2.20. The van der Waals surface area contributed by atoms with Gasteiger partial charge in [0.2, 0.25) is 5.91 Å². The number of hydrogen-bond acceptors (Lipinski definition) is 3. The summed E-state index contributed by atoms with van der Waals surface area (Å²) in [5.41, 5.74) is 2.19. The van der Waals surface area contributed by atoms with Gasteiger partial charge in [-0.05, 0) is 49.1 Å². The molecular weight excluding hydrogens is 334 g/mol. The minimum Gasteiger partial charge on any atom is -0.383 e. The highest BCUT2D eigenvalue weighted by atomic mass is 35.5. The van der Waals surface area contributed by atoms with Crippen molar-refractivity contribution in [3.63, 3.8) is 0 Å². The average Bonchev–Trinajstić information content (AvgIpc) is 2.65. The first-order valence-corrected chi connectivity index (χ1v) is 9.34. The molecule has 0 spiro atoms. The molecule has 1 aliphatic rings. The van der Waals surface area contributed by atoms with Crippen LogP contribution in [-0.2, 0) is 11.2 Å². The number of halogens is 1. The Labute approximate surface area is 154 Å². The number of pyridine rings is 1. The zero-order valence-electron chi connectivity index (χ0n) is 14.3. The Kier molecular flexibility index (Phi) is 6.29. The molecule has 0 aliphatic heterocycles. The Morgan fingerprint density at radius 2 is 1.84 bits per heavy atom. The fourth-order valence-electron chi connectivity index (χ4n) is 3.17. The van der Waals surface area contributed by atoms with Gasteiger partial charge in [-0.2, -0.15) is 0 Å². The molecular formula is C20H24ClN3O. The van der Waals surface area contributed by atoms with Gasteiger partial charge in [-0.1, -0.05) is 43.0 Å². The molecule has 1 aromatic carbocycles. The van der Waals surface area contributed by atoms with Crippen molar-refractivity contribution in [3.8, 4) is 0 Å². The topological polar surface area (TPSA) is 54.0 Å². The lowest BCUT2D eigenvalue weighted by atomic mass is 9.89. The van der Waals surface area contributed by atoms with Crippen molar-refractivity contribution >= 4 is 29.0 Å². The normalized spacial score (nSPS) is 14.9. The standard InChI is InChI=1S/C20H24ClN3O/c21-17-8-6-15(7-9-17)12-13-22-18-10-11-19(23-14-18)24-20(25)16-4-2-1-3-5-16/h6-11,14,16,22H,1-5,12-13H2,(H,23,24,25). The van der Waals surface area contributed by atoms with Crippen LogP contribution < -0.4 is 10.6 Å². The Morgan fingerprint density at radius 1 is 1.08 bits per heavy atom. The molecule has 0 saturated heterocycles. The smallest absolute Gasteiger partial charge is 0.228 e. The predicted molar refractivity (Wildman–Crippen MR) is 103 cm³/mol. The van der Waals surface area contributed by atoms with Gasteiger partial charge >= 0.3 is 0 Å². The second-order valence-electron chi connectivity index (χ2n) is 6.56. The summed E-state index contributed by atoms with van der Waals surface area (Å²) in [6.45, 7) is 0.817. The van der Waals surface area contributed by atoms with E-state index in [1.54, 1.807) is 6.20 Å². The van der Waals surface area contributed by atoms with Crippen LogP contribution in [0.2, 0.25) is 5.02 Å². The molecule has 1 fully saturated rings. The third-order valence-electron chi connectivity index (χ3n) is 4.65. The fourth-order valence-corrected chi connectivity index (χ4v) is 3.29. The number of hydrogen-bond donors (Lipinski definition) is 2. The van der Waals surface area contributed by atoms with Crippen molar-refractivity contribution in [1.82, 2.24) is 4.98 Å². The van der Waals surface area contributed by atoms with Gasteiger partial charge in [-0.25, -0.2) is 4.98 Å². The van der Waals surface area contributed by atoms with Gasteiger partial charge in [0, 0.05) is 17.5 Å². The van der Waals surface area contributed by atoms with Crippen LogP contribution in [0.15, 0.2) is 42.6 Å². The van der Waals surface area contributed by atoms with Crippen LogP contribution in [0.4, 0.5) is 11.5 Å². The molecule has 2 N–H and O–H groups in total. The Morgan fingerprint density at radius 3 is 2.52 bits per heavy atom. The van der Waals surface area contributed by atoms with Crippen LogP contribution in [0, 0.1) is 5.92 Å². The summed E-state index contributed by atoms with van der Waals surface area (Å²) in [7, 11) is 0. The molecule has 1 aliphatic carbocycles. The molecule has 132 valence electrons. The molecule has 3 rings (SSSR count). The van der Waals surface area contributed by atoms with E-state index in [0.717, 1.165) is 49.4 Å². The molecule has 25 heavy (non-hydrogen) atoms. The first-order chi connectivity index (χ1) is 12.2. The van der Waals surface area contributed by atoms with Crippen LogP contribution in [0.5, 0.6) is 0 Å². The second kappa shape index (κ2) is 8.86. The third kappa shape index (κ3) is 5.46. The zero-order chi connectivity index (χ0) is 17.5. The fraction of sp³-hybridized carbons (Fsp3) is 0.400. The lowest BCUT2D eigenvalue weighted by Crippen LogP contribution is -2.25. The SMILES string of the molecule is O=C(Nc1ccc(NCCc2ccc(Cl)cc2)cn1)C1CCCCC1. The summed E-state index contributed by atoms with van der Waals surface area (Å²) in [6, 6.07) is 11.7. The number of nitrogens with one attached hydrogen (secondary N) is 2. The van der Waals surface area contributed by atoms with E-state index < -0.39 is 0 Å². The van der Waals surface area contributed by atoms with Gasteiger partial charge in [0.25, 0.3) is 0 Å². The first kappa shape index (κ1) is 17.7. The lowest BCUT2D eigenvalue weighted by molar-refractivity contribution is -0.120. The number of benzene rings is 1. The van der Waals surface area contributed by atoms with Crippen LogP contribution in [0.3, 0.4) is 0 Å². The molecule has 1 aromatic heterocycles. The van der Waals surface area contributed by atoms with Crippen molar-refractivity contribution in [2.45, 2.75) is 38.5 Å². The summed E-state index contributed by atoms with van der Waals surface area (Å²) in [5.74, 6) is 0.877. The zero-order valence-corrected chi connectivity index (χ0v) is 15.1. The molecule has 5 heteroatoms. The molecule has 4 nitrogen and oxygen atoms in total. The largest absolute Gasteiger partial charge is 0.383 e. The molecule has 1 amide bonds. The van der Waals surface area contributed by atoms with Crippen molar-refractivity contribution in [2.24, 2.45) is 5.92 Å². The van der Waals surface area contributed by atoms with E-state index in [-0.39, 0.29) is 11.8 Å². The number of aromatic nitrogens is 1. The van der Waals surface area contributed by atoms with E-state index in [2.05, 4.69) is 15.6 Å². The van der Waals surface area contributed by atoms with Crippen molar-refractivity contribution in [3.05, 3.63) is 53.2 Å². The van der Waals surface area contributed by atoms with Crippen molar-refractivity contribution in [1.29, 1.82) is 0 Å². The minimum atomic E-state index is 0.107. The van der Waals surface area contributed by atoms with Gasteiger partial charge in [0.1, 0.15) is 5.82 Å². The summed E-state index contributed by atoms with van der Waals surface area (Å²) >= 11 is 5.89. The number of nitrogens with zero attached hydrogens (tertiary/aromatic N) is 1. The number of anilines is 2. The molecule has 0 atom stereocenters. The van der Waals surface area contributed by atoms with E-state index >= 15 is 0 Å². The van der Waals surface area contributed by atoms with Gasteiger partial charge in [0.05, 0.1) is 11.9 Å². The highest BCUT2D eigenvalue weighted by molar-refractivity contribution is 6.30. The van der Waals surface area contributed by atoms with E-state index in [0.29, 0.717) is 5.82 Å². The highest BCUT2D eigenvalue weighted by Gasteiger charge is 2.21. The number of amides is 1. The second-order valence-corrected chi connectivity index (χ2v) is 7.00. The van der Waals surface area contributed by atoms with Crippen molar-refractivity contribution in [2.75, 3.05) is 17.2 Å². The van der Waals surface area contributed by atoms with E-state index in [9.17, 15) is 4.79 Å². The van der Waals surface area contributed by atoms with Crippen molar-refractivity contribution < 1.29 is 4.79 Å². The van der Waals surface area contributed by atoms with Gasteiger partial charge < -0.3 is 10.6 Å². The van der Waals surface area contributed by atoms with Crippen LogP contribution in [-0.4, -0.2) is 17.4 Å². The number of rotatable bonds is 6. The van der Waals surface area contributed by atoms with E-state index in [1.165, 1.54) is 12.0 Å². The highest BCUT2D eigenvalue weighted by Crippen LogP contribution is 2.24. The maximum Gasteiger partial charge on any atom is 0.228 e. The Bertz CT molecular complexity index is 679. The van der Waals surface area contributed by atoms with Crippen LogP contribution in [0.25, 0.3) is 0 Å². The summed E-state index contributed by atoms with van der Waals surface area (Å²) < 4.78 is 0. The van der Waals surface area contributed by atoms with Gasteiger partial charge in [0.15, 0.2) is 0 Å². The van der Waals surface area contributed by atoms with Crippen LogP contribution >= 0.6 is 11.6 Å². The molecule has 0 radical (unpaired) electrons. The van der Waals surface area contributed by atoms with Crippen LogP contribution in [0.1, 0.15) is 37.7 Å². The maximum atomic E-state index is 12.2. The Balaban J connectivity index is 1.45. The summed E-state index contributed by atoms with van der Waals surface area (Å²) in [6.07, 6.45) is 8.23. The molecule has 1 heterocycles. The monoisotopic (exact) mass is 357 g/mol. The number of carbonyl (C=O) groups excluding carboxylic acids is 1. The summed E-state index contributed by atoms with van der Waals surface area (Å²) in [5, 5.41) is 7.04. The molecule has 0 unspecified atom stereocenters.